The number of nitrogens with one attached hydrogen (secondary N) is 2. The van der Waals surface area contributed by atoms with Gasteiger partial charge in [0.15, 0.2) is 5.13 Å². The lowest BCUT2D eigenvalue weighted by molar-refractivity contribution is 0.0924. The van der Waals surface area contributed by atoms with Gasteiger partial charge >= 0.3 is 0 Å². The molecule has 0 unspecified atom stereocenters. The van der Waals surface area contributed by atoms with Crippen LogP contribution >= 0.6 is 11.3 Å². The third-order valence-corrected chi connectivity index (χ3v) is 4.22. The summed E-state index contributed by atoms with van der Waals surface area (Å²) in [6.45, 7) is 10.8. The van der Waals surface area contributed by atoms with Crippen molar-refractivity contribution >= 4 is 28.2 Å². The van der Waals surface area contributed by atoms with Gasteiger partial charge in [-0.05, 0) is 48.7 Å². The van der Waals surface area contributed by atoms with Gasteiger partial charge in [0.2, 0.25) is 0 Å². The van der Waals surface area contributed by atoms with E-state index in [0.29, 0.717) is 16.6 Å². The van der Waals surface area contributed by atoms with Gasteiger partial charge in [0.1, 0.15) is 10.7 Å². The molecule has 7 heteroatoms. The first-order chi connectivity index (χ1) is 9.42. The summed E-state index contributed by atoms with van der Waals surface area (Å²) in [4.78, 5) is 19.0. The minimum absolute atomic E-state index is 0.120. The van der Waals surface area contributed by atoms with E-state index in [1.807, 2.05) is 34.9 Å². The molecule has 0 fully saturated rings. The van der Waals surface area contributed by atoms with Crippen molar-refractivity contribution in [1.82, 2.24) is 15.2 Å². The van der Waals surface area contributed by atoms with E-state index in [4.69, 9.17) is 5.73 Å². The highest BCUT2D eigenvalue weighted by molar-refractivity contribution is 7.18. The molecule has 0 saturated carbocycles. The maximum absolute atomic E-state index is 12.2. The quantitative estimate of drug-likeness (QED) is 0.774. The number of likely N-dealkylation sites (N-methyl/N-ethyl adjacent to an activating group) is 1. The van der Waals surface area contributed by atoms with Gasteiger partial charge in [-0.2, -0.15) is 0 Å². The summed E-state index contributed by atoms with van der Waals surface area (Å²) in [6.07, 6.45) is 0. The topological polar surface area (TPSA) is 83.3 Å². The fourth-order valence-corrected chi connectivity index (χ4v) is 2.41. The molecule has 1 amide bonds. The molecular formula is C14H27N5OS. The number of rotatable bonds is 5. The molecule has 0 spiro atoms. The van der Waals surface area contributed by atoms with Crippen LogP contribution in [0.25, 0.3) is 0 Å². The predicted molar refractivity (Wildman–Crippen MR) is 90.0 cm³/mol. The van der Waals surface area contributed by atoms with Gasteiger partial charge in [-0.3, -0.25) is 4.79 Å². The van der Waals surface area contributed by atoms with Crippen LogP contribution in [-0.2, 0) is 0 Å². The average Bonchev–Trinajstić information content (AvgIpc) is 2.64. The fourth-order valence-electron chi connectivity index (χ4n) is 1.40. The molecule has 0 aliphatic rings. The van der Waals surface area contributed by atoms with Gasteiger partial charge in [0.05, 0.1) is 0 Å². The molecular weight excluding hydrogens is 286 g/mol. The standard InChI is InChI=1S/C14H27N5OS/c1-13(2,3)18-12-17-10(15)9(21-12)11(20)16-8-14(4,5)19(6)7/h8,15H2,1-7H3,(H,16,20)(H,17,18). The molecule has 0 saturated heterocycles. The molecule has 21 heavy (non-hydrogen) atoms. The van der Waals surface area contributed by atoms with Crippen molar-refractivity contribution in [3.63, 3.8) is 0 Å². The minimum atomic E-state index is -0.179. The molecule has 1 rings (SSSR count). The lowest BCUT2D eigenvalue weighted by atomic mass is 10.0. The van der Waals surface area contributed by atoms with E-state index in [1.54, 1.807) is 0 Å². The van der Waals surface area contributed by atoms with Crippen molar-refractivity contribution in [2.24, 2.45) is 0 Å². The van der Waals surface area contributed by atoms with Crippen LogP contribution in [0.3, 0.4) is 0 Å². The molecule has 4 N–H and O–H groups in total. The highest BCUT2D eigenvalue weighted by Gasteiger charge is 2.24. The van der Waals surface area contributed by atoms with E-state index in [1.165, 1.54) is 11.3 Å². The second kappa shape index (κ2) is 6.19. The molecule has 1 heterocycles. The maximum atomic E-state index is 12.2. The van der Waals surface area contributed by atoms with Crippen molar-refractivity contribution in [1.29, 1.82) is 0 Å². The molecule has 0 aromatic carbocycles. The third kappa shape index (κ3) is 5.17. The van der Waals surface area contributed by atoms with E-state index in [9.17, 15) is 4.79 Å². The Labute approximate surface area is 131 Å². The van der Waals surface area contributed by atoms with Crippen LogP contribution in [-0.4, -0.2) is 47.5 Å². The summed E-state index contributed by atoms with van der Waals surface area (Å²) < 4.78 is 0. The molecule has 120 valence electrons. The molecule has 0 aliphatic heterocycles. The summed E-state index contributed by atoms with van der Waals surface area (Å²) in [5, 5.41) is 6.81. The van der Waals surface area contributed by atoms with Gasteiger partial charge in [0, 0.05) is 17.6 Å². The average molecular weight is 313 g/mol. The van der Waals surface area contributed by atoms with E-state index < -0.39 is 0 Å². The monoisotopic (exact) mass is 313 g/mol. The first-order valence-electron chi connectivity index (χ1n) is 6.92. The summed E-state index contributed by atoms with van der Waals surface area (Å²) in [5.41, 5.74) is 5.60. The number of nitrogens with zero attached hydrogens (tertiary/aromatic N) is 2. The summed E-state index contributed by atoms with van der Waals surface area (Å²) >= 11 is 1.28. The van der Waals surface area contributed by atoms with Crippen LogP contribution in [0.15, 0.2) is 0 Å². The zero-order valence-corrected chi connectivity index (χ0v) is 14.8. The van der Waals surface area contributed by atoms with Crippen LogP contribution in [0.1, 0.15) is 44.3 Å². The normalized spacial score (nSPS) is 12.6. The number of nitrogen functional groups attached to an aromatic ring is 1. The Morgan fingerprint density at radius 2 is 1.86 bits per heavy atom. The first kappa shape index (κ1) is 17.7. The molecule has 0 radical (unpaired) electrons. The van der Waals surface area contributed by atoms with Gasteiger partial charge in [-0.25, -0.2) is 4.98 Å². The number of hydrogen-bond acceptors (Lipinski definition) is 6. The number of nitrogens with two attached hydrogens (primary N) is 1. The number of thiazole rings is 1. The molecule has 1 aromatic heterocycles. The van der Waals surface area contributed by atoms with Gasteiger partial charge in [0.25, 0.3) is 5.91 Å². The molecule has 0 aliphatic carbocycles. The Balaban J connectivity index is 2.75. The Morgan fingerprint density at radius 3 is 2.33 bits per heavy atom. The van der Waals surface area contributed by atoms with Crippen molar-refractivity contribution in [3.05, 3.63) is 4.88 Å². The molecule has 0 atom stereocenters. The fraction of sp³-hybridized carbons (Fsp3) is 0.714. The largest absolute Gasteiger partial charge is 0.382 e. The summed E-state index contributed by atoms with van der Waals surface area (Å²) in [6, 6.07) is 0. The summed E-state index contributed by atoms with van der Waals surface area (Å²) in [5.74, 6) is 0.0915. The van der Waals surface area contributed by atoms with Crippen LogP contribution < -0.4 is 16.4 Å². The lowest BCUT2D eigenvalue weighted by Gasteiger charge is -2.32. The molecule has 0 bridgehead atoms. The summed E-state index contributed by atoms with van der Waals surface area (Å²) in [7, 11) is 3.97. The Hall–Kier alpha value is -1.34. The zero-order valence-electron chi connectivity index (χ0n) is 14.0. The predicted octanol–water partition coefficient (Wildman–Crippen LogP) is 2.01. The van der Waals surface area contributed by atoms with E-state index >= 15 is 0 Å². The van der Waals surface area contributed by atoms with Crippen LogP contribution in [0.4, 0.5) is 10.9 Å². The number of amides is 1. The minimum Gasteiger partial charge on any atom is -0.382 e. The number of carbonyl (C=O) groups is 1. The number of carbonyl (C=O) groups excluding carboxylic acids is 1. The van der Waals surface area contributed by atoms with E-state index in [0.717, 1.165) is 0 Å². The number of anilines is 2. The van der Waals surface area contributed by atoms with Gasteiger partial charge in [-0.1, -0.05) is 11.3 Å². The highest BCUT2D eigenvalue weighted by atomic mass is 32.1. The Morgan fingerprint density at radius 1 is 1.29 bits per heavy atom. The van der Waals surface area contributed by atoms with Gasteiger partial charge in [-0.15, -0.1) is 0 Å². The highest BCUT2D eigenvalue weighted by Crippen LogP contribution is 2.27. The van der Waals surface area contributed by atoms with Crippen molar-refractivity contribution in [2.45, 2.75) is 45.7 Å². The first-order valence-corrected chi connectivity index (χ1v) is 7.74. The molecule has 1 aromatic rings. The molecule has 6 nitrogen and oxygen atoms in total. The number of hydrogen-bond donors (Lipinski definition) is 3. The van der Waals surface area contributed by atoms with Crippen LogP contribution in [0, 0.1) is 0 Å². The van der Waals surface area contributed by atoms with E-state index in [2.05, 4.69) is 34.4 Å². The lowest BCUT2D eigenvalue weighted by Crippen LogP contribution is -2.48. The van der Waals surface area contributed by atoms with E-state index in [-0.39, 0.29) is 22.8 Å². The second-order valence-electron chi connectivity index (χ2n) is 7.00. The zero-order chi connectivity index (χ0) is 16.4. The Kier molecular flexibility index (Phi) is 5.22. The van der Waals surface area contributed by atoms with Gasteiger partial charge < -0.3 is 21.3 Å². The second-order valence-corrected chi connectivity index (χ2v) is 8.00. The smallest absolute Gasteiger partial charge is 0.265 e. The van der Waals surface area contributed by atoms with Crippen LogP contribution in [0.2, 0.25) is 0 Å². The third-order valence-electron chi connectivity index (χ3n) is 3.23. The van der Waals surface area contributed by atoms with Crippen molar-refractivity contribution in [3.8, 4) is 0 Å². The maximum Gasteiger partial charge on any atom is 0.265 e. The van der Waals surface area contributed by atoms with Crippen molar-refractivity contribution in [2.75, 3.05) is 31.7 Å². The Bertz CT molecular complexity index is 502. The number of aromatic nitrogens is 1. The van der Waals surface area contributed by atoms with Crippen LogP contribution in [0.5, 0.6) is 0 Å². The SMILES string of the molecule is CN(C)C(C)(C)CNC(=O)c1sc(NC(C)(C)C)nc1N. The van der Waals surface area contributed by atoms with Crippen molar-refractivity contribution < 1.29 is 4.79 Å².